The summed E-state index contributed by atoms with van der Waals surface area (Å²) in [7, 11) is 0. The van der Waals surface area contributed by atoms with Crippen LogP contribution in [0.25, 0.3) is 11.0 Å². The Labute approximate surface area is 178 Å². The first kappa shape index (κ1) is 19.2. The van der Waals surface area contributed by atoms with Gasteiger partial charge in [0.15, 0.2) is 5.78 Å². The Morgan fingerprint density at radius 2 is 1.68 bits per heavy atom. The fourth-order valence-electron chi connectivity index (χ4n) is 4.18. The summed E-state index contributed by atoms with van der Waals surface area (Å²) in [4.78, 5) is 32.1. The van der Waals surface area contributed by atoms with Crippen LogP contribution in [0.3, 0.4) is 0 Å². The number of fused-ring (bicyclic) bond motifs is 1. The number of hydrogen-bond acceptors (Lipinski definition) is 3. The Hall–Kier alpha value is -3.80. The van der Waals surface area contributed by atoms with E-state index in [1.165, 1.54) is 12.1 Å². The van der Waals surface area contributed by atoms with Crippen molar-refractivity contribution in [1.29, 1.82) is 0 Å². The molecule has 1 saturated heterocycles. The molecule has 1 unspecified atom stereocenters. The molecule has 154 valence electrons. The summed E-state index contributed by atoms with van der Waals surface area (Å²) in [6.07, 6.45) is 0.292. The molecule has 0 radical (unpaired) electrons. The standard InChI is InChI=1S/C25H20FN3O2/c26-19-10-12-20(13-11-19)28-15-18(14-24(28)31)25-27-21-8-4-5-9-22(21)29(25)16-23(30)17-6-2-1-3-7-17/h1-13,18H,14-16H2. The van der Waals surface area contributed by atoms with Crippen LogP contribution in [0.2, 0.25) is 0 Å². The number of anilines is 1. The van der Waals surface area contributed by atoms with Gasteiger partial charge in [-0.1, -0.05) is 42.5 Å². The van der Waals surface area contributed by atoms with Crippen molar-refractivity contribution in [3.05, 3.63) is 96.1 Å². The quantitative estimate of drug-likeness (QED) is 0.450. The van der Waals surface area contributed by atoms with Crippen LogP contribution in [0.4, 0.5) is 10.1 Å². The van der Waals surface area contributed by atoms with E-state index in [0.717, 1.165) is 16.9 Å². The third-order valence-corrected chi connectivity index (χ3v) is 5.71. The van der Waals surface area contributed by atoms with Crippen LogP contribution in [0.1, 0.15) is 28.5 Å². The largest absolute Gasteiger partial charge is 0.320 e. The summed E-state index contributed by atoms with van der Waals surface area (Å²) < 4.78 is 15.2. The number of hydrogen-bond donors (Lipinski definition) is 0. The molecule has 1 fully saturated rings. The molecule has 1 aromatic heterocycles. The van der Waals surface area contributed by atoms with Gasteiger partial charge in [0.1, 0.15) is 11.6 Å². The van der Waals surface area contributed by atoms with Crippen molar-refractivity contribution in [3.8, 4) is 0 Å². The summed E-state index contributed by atoms with van der Waals surface area (Å²) in [5.74, 6) is 0.180. The van der Waals surface area contributed by atoms with Gasteiger partial charge in [-0.05, 0) is 36.4 Å². The first-order valence-electron chi connectivity index (χ1n) is 10.2. The van der Waals surface area contributed by atoms with E-state index in [4.69, 9.17) is 4.98 Å². The highest BCUT2D eigenvalue weighted by Crippen LogP contribution is 2.33. The van der Waals surface area contributed by atoms with Crippen molar-refractivity contribution in [2.24, 2.45) is 0 Å². The van der Waals surface area contributed by atoms with E-state index >= 15 is 0 Å². The van der Waals surface area contributed by atoms with Crippen molar-refractivity contribution in [2.45, 2.75) is 18.9 Å². The number of ketones is 1. The molecule has 2 heterocycles. The van der Waals surface area contributed by atoms with Gasteiger partial charge in [0.25, 0.3) is 0 Å². The average molecular weight is 413 g/mol. The Balaban J connectivity index is 1.50. The molecule has 0 aliphatic carbocycles. The van der Waals surface area contributed by atoms with Gasteiger partial charge in [-0.15, -0.1) is 0 Å². The van der Waals surface area contributed by atoms with E-state index in [0.29, 0.717) is 24.2 Å². The first-order valence-corrected chi connectivity index (χ1v) is 10.2. The van der Waals surface area contributed by atoms with Crippen LogP contribution in [0.5, 0.6) is 0 Å². The number of amides is 1. The van der Waals surface area contributed by atoms with E-state index in [2.05, 4.69) is 0 Å². The fraction of sp³-hybridized carbons (Fsp3) is 0.160. The van der Waals surface area contributed by atoms with Crippen LogP contribution in [0, 0.1) is 5.82 Å². The highest BCUT2D eigenvalue weighted by atomic mass is 19.1. The van der Waals surface area contributed by atoms with Crippen LogP contribution < -0.4 is 4.90 Å². The summed E-state index contributed by atoms with van der Waals surface area (Å²) in [6, 6.07) is 22.8. The third kappa shape index (κ3) is 3.61. The second-order valence-corrected chi connectivity index (χ2v) is 7.72. The van der Waals surface area contributed by atoms with Gasteiger partial charge < -0.3 is 9.47 Å². The molecular formula is C25H20FN3O2. The lowest BCUT2D eigenvalue weighted by Crippen LogP contribution is -2.24. The number of benzene rings is 3. The van der Waals surface area contributed by atoms with Gasteiger partial charge >= 0.3 is 0 Å². The number of halogens is 1. The zero-order chi connectivity index (χ0) is 21.4. The van der Waals surface area contributed by atoms with E-state index in [9.17, 15) is 14.0 Å². The molecule has 31 heavy (non-hydrogen) atoms. The molecule has 3 aromatic carbocycles. The SMILES string of the molecule is O=C(Cn1c(C2CC(=O)N(c3ccc(F)cc3)C2)nc2ccccc21)c1ccccc1. The van der Waals surface area contributed by atoms with E-state index in [1.54, 1.807) is 29.2 Å². The van der Waals surface area contributed by atoms with Gasteiger partial charge in [0.05, 0.1) is 17.6 Å². The molecule has 1 aliphatic rings. The molecule has 1 aliphatic heterocycles. The molecule has 0 bridgehead atoms. The molecule has 6 heteroatoms. The molecule has 1 atom stereocenters. The maximum absolute atomic E-state index is 13.3. The molecule has 0 spiro atoms. The molecular weight excluding hydrogens is 393 g/mol. The number of carbonyl (C=O) groups is 2. The summed E-state index contributed by atoms with van der Waals surface area (Å²) in [6.45, 7) is 0.592. The topological polar surface area (TPSA) is 55.2 Å². The molecule has 5 rings (SSSR count). The average Bonchev–Trinajstić information content (AvgIpc) is 3.35. The number of Topliss-reactive ketones (excluding diaryl/α,β-unsaturated/α-hetero) is 1. The smallest absolute Gasteiger partial charge is 0.227 e. The number of nitrogens with zero attached hydrogens (tertiary/aromatic N) is 3. The monoisotopic (exact) mass is 413 g/mol. The van der Waals surface area contributed by atoms with E-state index in [-0.39, 0.29) is 30.0 Å². The molecule has 5 nitrogen and oxygen atoms in total. The van der Waals surface area contributed by atoms with Crippen molar-refractivity contribution >= 4 is 28.4 Å². The van der Waals surface area contributed by atoms with Gasteiger partial charge in [0, 0.05) is 30.1 Å². The number of rotatable bonds is 5. The predicted molar refractivity (Wildman–Crippen MR) is 117 cm³/mol. The van der Waals surface area contributed by atoms with Crippen LogP contribution >= 0.6 is 0 Å². The highest BCUT2D eigenvalue weighted by molar-refractivity contribution is 5.98. The zero-order valence-corrected chi connectivity index (χ0v) is 16.7. The number of para-hydroxylation sites is 2. The van der Waals surface area contributed by atoms with Gasteiger partial charge in [-0.3, -0.25) is 9.59 Å². The van der Waals surface area contributed by atoms with Crippen LogP contribution in [-0.4, -0.2) is 27.8 Å². The lowest BCUT2D eigenvalue weighted by molar-refractivity contribution is -0.117. The molecule has 0 N–H and O–H groups in total. The minimum atomic E-state index is -0.340. The maximum Gasteiger partial charge on any atom is 0.227 e. The Morgan fingerprint density at radius 3 is 2.45 bits per heavy atom. The van der Waals surface area contributed by atoms with Gasteiger partial charge in [-0.2, -0.15) is 0 Å². The summed E-state index contributed by atoms with van der Waals surface area (Å²) >= 11 is 0. The number of aromatic nitrogens is 2. The van der Waals surface area contributed by atoms with Gasteiger partial charge in [0.2, 0.25) is 5.91 Å². The molecule has 1 amide bonds. The second-order valence-electron chi connectivity index (χ2n) is 7.72. The van der Waals surface area contributed by atoms with Crippen molar-refractivity contribution < 1.29 is 14.0 Å². The van der Waals surface area contributed by atoms with Crippen molar-refractivity contribution in [2.75, 3.05) is 11.4 Å². The third-order valence-electron chi connectivity index (χ3n) is 5.71. The van der Waals surface area contributed by atoms with E-state index in [1.807, 2.05) is 47.0 Å². The summed E-state index contributed by atoms with van der Waals surface area (Å²) in [5, 5.41) is 0. The van der Waals surface area contributed by atoms with E-state index < -0.39 is 0 Å². The second kappa shape index (κ2) is 7.80. The lowest BCUT2D eigenvalue weighted by atomic mass is 10.1. The number of imidazole rings is 1. The minimum absolute atomic E-state index is 0.00952. The normalized spacial score (nSPS) is 16.2. The van der Waals surface area contributed by atoms with Gasteiger partial charge in [-0.25, -0.2) is 9.37 Å². The fourth-order valence-corrected chi connectivity index (χ4v) is 4.18. The lowest BCUT2D eigenvalue weighted by Gasteiger charge is -2.17. The predicted octanol–water partition coefficient (Wildman–Crippen LogP) is 4.58. The van der Waals surface area contributed by atoms with Crippen LogP contribution in [0.15, 0.2) is 78.9 Å². The zero-order valence-electron chi connectivity index (χ0n) is 16.7. The Bertz CT molecular complexity index is 1270. The maximum atomic E-state index is 13.3. The Kier molecular flexibility index (Phi) is 4.82. The van der Waals surface area contributed by atoms with Crippen molar-refractivity contribution in [1.82, 2.24) is 9.55 Å². The molecule has 4 aromatic rings. The minimum Gasteiger partial charge on any atom is -0.320 e. The Morgan fingerprint density at radius 1 is 0.968 bits per heavy atom. The molecule has 0 saturated carbocycles. The van der Waals surface area contributed by atoms with Crippen molar-refractivity contribution in [3.63, 3.8) is 0 Å². The number of carbonyl (C=O) groups excluding carboxylic acids is 2. The first-order chi connectivity index (χ1) is 15.1. The highest BCUT2D eigenvalue weighted by Gasteiger charge is 2.35. The van der Waals surface area contributed by atoms with Crippen LogP contribution in [-0.2, 0) is 11.3 Å². The summed E-state index contributed by atoms with van der Waals surface area (Å²) in [5.41, 5.74) is 2.97.